The van der Waals surface area contributed by atoms with E-state index in [0.717, 1.165) is 23.5 Å². The largest absolute Gasteiger partial charge is 0.357 e. The van der Waals surface area contributed by atoms with E-state index in [1.807, 2.05) is 42.6 Å². The average molecular weight is 331 g/mol. The third-order valence-electron chi connectivity index (χ3n) is 3.86. The highest BCUT2D eigenvalue weighted by molar-refractivity contribution is 6.32. The Labute approximate surface area is 148 Å². The molecule has 126 valence electrons. The maximum Gasteiger partial charge on any atom is 0.157 e. The second-order valence-corrected chi connectivity index (χ2v) is 6.08. The topological polar surface area (TPSA) is 46.3 Å². The van der Waals surface area contributed by atoms with Crippen LogP contribution in [0.15, 0.2) is 69.4 Å². The van der Waals surface area contributed by atoms with Crippen molar-refractivity contribution in [2.24, 2.45) is 15.1 Å². The summed E-state index contributed by atoms with van der Waals surface area (Å²) < 4.78 is 0. The van der Waals surface area contributed by atoms with Gasteiger partial charge in [-0.1, -0.05) is 47.1 Å². The van der Waals surface area contributed by atoms with E-state index in [9.17, 15) is 0 Å². The van der Waals surface area contributed by atoms with Crippen LogP contribution in [0.25, 0.3) is 0 Å². The lowest BCUT2D eigenvalue weighted by Gasteiger charge is -2.06. The lowest BCUT2D eigenvalue weighted by atomic mass is 10.1. The molecule has 0 spiro atoms. The monoisotopic (exact) mass is 331 g/mol. The molecule has 0 aromatic heterocycles. The second kappa shape index (κ2) is 7.71. The van der Waals surface area contributed by atoms with Crippen LogP contribution in [0.1, 0.15) is 23.1 Å². The van der Waals surface area contributed by atoms with Crippen molar-refractivity contribution in [3.05, 3.63) is 70.9 Å². The highest BCUT2D eigenvalue weighted by atomic mass is 16.6. The van der Waals surface area contributed by atoms with Crippen LogP contribution in [0.4, 0.5) is 5.69 Å². The third-order valence-corrected chi connectivity index (χ3v) is 3.86. The highest BCUT2D eigenvalue weighted by Gasteiger charge is 2.06. The summed E-state index contributed by atoms with van der Waals surface area (Å²) in [6.07, 6.45) is 6.22. The smallest absolute Gasteiger partial charge is 0.157 e. The van der Waals surface area contributed by atoms with E-state index in [2.05, 4.69) is 48.0 Å². The number of hydrogen-bond donors (Lipinski definition) is 0. The fraction of sp³-hybridized carbons (Fsp3) is 0.190. The van der Waals surface area contributed by atoms with Gasteiger partial charge in [0, 0.05) is 6.42 Å². The summed E-state index contributed by atoms with van der Waals surface area (Å²) in [5, 5.41) is 3.98. The zero-order valence-corrected chi connectivity index (χ0v) is 14.7. The van der Waals surface area contributed by atoms with Crippen LogP contribution in [-0.2, 0) is 0 Å². The van der Waals surface area contributed by atoms with Gasteiger partial charge in [0.15, 0.2) is 5.75 Å². The van der Waals surface area contributed by atoms with Crippen LogP contribution in [0, 0.1) is 20.8 Å². The number of nitrogens with zero attached hydrogens (tertiary/aromatic N) is 3. The van der Waals surface area contributed by atoms with E-state index >= 15 is 0 Å². The molecule has 0 atom stereocenters. The van der Waals surface area contributed by atoms with Crippen LogP contribution < -0.4 is 4.84 Å². The molecular formula is C21H21N3O. The number of allylic oxidation sites excluding steroid dienone is 2. The van der Waals surface area contributed by atoms with Crippen molar-refractivity contribution in [2.45, 2.75) is 27.2 Å². The van der Waals surface area contributed by atoms with E-state index in [4.69, 9.17) is 4.84 Å². The van der Waals surface area contributed by atoms with Crippen molar-refractivity contribution in [1.82, 2.24) is 0 Å². The SMILES string of the molecule is Cc1cc(C)c(N=CC2=CCC(/C=N/Oc3ccccc3)=N2)c(C)c1. The molecule has 4 nitrogen and oxygen atoms in total. The van der Waals surface area contributed by atoms with Crippen molar-refractivity contribution in [1.29, 1.82) is 0 Å². The molecule has 1 aliphatic heterocycles. The van der Waals surface area contributed by atoms with Gasteiger partial charge in [-0.2, -0.15) is 0 Å². The van der Waals surface area contributed by atoms with Gasteiger partial charge >= 0.3 is 0 Å². The summed E-state index contributed by atoms with van der Waals surface area (Å²) in [6.45, 7) is 6.26. The van der Waals surface area contributed by atoms with Crippen LogP contribution in [0.3, 0.4) is 0 Å². The lowest BCUT2D eigenvalue weighted by molar-refractivity contribution is 0.344. The van der Waals surface area contributed by atoms with Crippen LogP contribution in [-0.4, -0.2) is 18.1 Å². The van der Waals surface area contributed by atoms with Gasteiger partial charge in [0.05, 0.1) is 29.5 Å². The molecule has 4 heteroatoms. The van der Waals surface area contributed by atoms with Gasteiger partial charge in [-0.05, 0) is 44.0 Å². The van der Waals surface area contributed by atoms with Gasteiger partial charge < -0.3 is 4.84 Å². The Morgan fingerprint density at radius 1 is 1.00 bits per heavy atom. The summed E-state index contributed by atoms with van der Waals surface area (Å²) in [4.78, 5) is 14.4. The maximum absolute atomic E-state index is 5.31. The van der Waals surface area contributed by atoms with Gasteiger partial charge in [-0.25, -0.2) is 0 Å². The number of rotatable bonds is 5. The standard InChI is InChI=1S/C21H21N3O/c1-15-11-16(2)21(17(3)12-15)22-13-18-9-10-19(24-18)14-23-25-20-7-5-4-6-8-20/h4-9,11-14H,10H2,1-3H3/b22-13?,23-14+. The number of aliphatic imine (C=N–C) groups is 2. The molecule has 2 aromatic rings. The number of oxime groups is 1. The van der Waals surface area contributed by atoms with E-state index in [1.54, 1.807) is 6.21 Å². The number of para-hydroxylation sites is 1. The Morgan fingerprint density at radius 3 is 2.44 bits per heavy atom. The summed E-state index contributed by atoms with van der Waals surface area (Å²) >= 11 is 0. The number of benzene rings is 2. The third kappa shape index (κ3) is 4.51. The first-order chi connectivity index (χ1) is 12.1. The molecule has 1 heterocycles. The van der Waals surface area contributed by atoms with Gasteiger partial charge in [-0.15, -0.1) is 0 Å². The molecule has 25 heavy (non-hydrogen) atoms. The molecule has 0 radical (unpaired) electrons. The predicted molar refractivity (Wildman–Crippen MR) is 105 cm³/mol. The minimum absolute atomic E-state index is 0.706. The normalized spacial score (nSPS) is 14.2. The Hall–Kier alpha value is -3.01. The molecular weight excluding hydrogens is 310 g/mol. The molecule has 0 aliphatic carbocycles. The highest BCUT2D eigenvalue weighted by Crippen LogP contribution is 2.25. The Kier molecular flexibility index (Phi) is 5.19. The van der Waals surface area contributed by atoms with Crippen LogP contribution in [0.5, 0.6) is 5.75 Å². The average Bonchev–Trinajstić information content (AvgIpc) is 3.03. The maximum atomic E-state index is 5.31. The first-order valence-electron chi connectivity index (χ1n) is 8.27. The zero-order valence-electron chi connectivity index (χ0n) is 14.7. The molecule has 0 amide bonds. The van der Waals surface area contributed by atoms with Gasteiger partial charge in [0.25, 0.3) is 0 Å². The number of hydrogen-bond acceptors (Lipinski definition) is 4. The first kappa shape index (κ1) is 16.8. The molecule has 0 fully saturated rings. The summed E-state index contributed by atoms with van der Waals surface area (Å²) in [5.74, 6) is 0.706. The fourth-order valence-corrected chi connectivity index (χ4v) is 2.77. The minimum atomic E-state index is 0.706. The molecule has 2 aromatic carbocycles. The number of aryl methyl sites for hydroxylation is 3. The van der Waals surface area contributed by atoms with E-state index < -0.39 is 0 Å². The quantitative estimate of drug-likeness (QED) is 0.555. The predicted octanol–water partition coefficient (Wildman–Crippen LogP) is 5.11. The van der Waals surface area contributed by atoms with E-state index in [1.165, 1.54) is 16.7 Å². The van der Waals surface area contributed by atoms with Crippen LogP contribution >= 0.6 is 0 Å². The van der Waals surface area contributed by atoms with Crippen LogP contribution in [0.2, 0.25) is 0 Å². The summed E-state index contributed by atoms with van der Waals surface area (Å²) in [7, 11) is 0. The van der Waals surface area contributed by atoms with Gasteiger partial charge in [-0.3, -0.25) is 9.98 Å². The molecule has 0 saturated carbocycles. The van der Waals surface area contributed by atoms with Crippen molar-refractivity contribution >= 4 is 23.8 Å². The Bertz CT molecular complexity index is 854. The molecule has 0 bridgehead atoms. The van der Waals surface area contributed by atoms with Crippen molar-refractivity contribution in [3.8, 4) is 5.75 Å². The van der Waals surface area contributed by atoms with Crippen molar-refractivity contribution in [2.75, 3.05) is 0 Å². The minimum Gasteiger partial charge on any atom is -0.357 e. The zero-order chi connectivity index (χ0) is 17.6. The first-order valence-corrected chi connectivity index (χ1v) is 8.27. The van der Waals surface area contributed by atoms with Crippen molar-refractivity contribution < 1.29 is 4.84 Å². The van der Waals surface area contributed by atoms with Crippen molar-refractivity contribution in [3.63, 3.8) is 0 Å². The van der Waals surface area contributed by atoms with E-state index in [0.29, 0.717) is 5.75 Å². The second-order valence-electron chi connectivity index (χ2n) is 6.08. The fourth-order valence-electron chi connectivity index (χ4n) is 2.77. The summed E-state index contributed by atoms with van der Waals surface area (Å²) in [5.41, 5.74) is 6.32. The summed E-state index contributed by atoms with van der Waals surface area (Å²) in [6, 6.07) is 13.7. The molecule has 3 rings (SSSR count). The molecule has 0 saturated heterocycles. The Morgan fingerprint density at radius 2 is 1.72 bits per heavy atom. The molecule has 0 N–H and O–H groups in total. The van der Waals surface area contributed by atoms with Gasteiger partial charge in [0.1, 0.15) is 0 Å². The lowest BCUT2D eigenvalue weighted by Crippen LogP contribution is -1.96. The molecule has 1 aliphatic rings. The van der Waals surface area contributed by atoms with E-state index in [-0.39, 0.29) is 0 Å². The van der Waals surface area contributed by atoms with Gasteiger partial charge in [0.2, 0.25) is 0 Å². The Balaban J connectivity index is 1.63. The molecule has 0 unspecified atom stereocenters.